The summed E-state index contributed by atoms with van der Waals surface area (Å²) in [6.45, 7) is 3.73. The van der Waals surface area contributed by atoms with Crippen molar-refractivity contribution in [1.29, 1.82) is 5.26 Å². The number of hydrogen-bond donors (Lipinski definition) is 0. The highest BCUT2D eigenvalue weighted by Gasteiger charge is 2.51. The van der Waals surface area contributed by atoms with Gasteiger partial charge in [-0.05, 0) is 64.7 Å². The topological polar surface area (TPSA) is 87.0 Å². The standard InChI is InChI=1S/C25H41NO6/c1-2-28-22(27)12-6-4-3-5-11-20-17-21(31-23-13-7-9-15-29-23)18-25(20,19-26)32-24-14-8-10-16-30-24/h20-21,23-24H,2-18H2,1H3. The first kappa shape index (κ1) is 25.4. The summed E-state index contributed by atoms with van der Waals surface area (Å²) < 4.78 is 29.3. The van der Waals surface area contributed by atoms with Gasteiger partial charge in [-0.25, -0.2) is 0 Å². The van der Waals surface area contributed by atoms with Crippen molar-refractivity contribution < 1.29 is 28.5 Å². The van der Waals surface area contributed by atoms with E-state index in [4.69, 9.17) is 23.7 Å². The molecule has 32 heavy (non-hydrogen) atoms. The van der Waals surface area contributed by atoms with Crippen molar-refractivity contribution in [3.05, 3.63) is 0 Å². The zero-order valence-electron chi connectivity index (χ0n) is 19.7. The van der Waals surface area contributed by atoms with Crippen LogP contribution in [-0.4, -0.2) is 50.1 Å². The SMILES string of the molecule is CCOC(=O)CCCCCCC1CC(OC2CCCCO2)CC1(C#N)OC1CCCCO1. The second kappa shape index (κ2) is 13.5. The molecule has 3 fully saturated rings. The van der Waals surface area contributed by atoms with Gasteiger partial charge in [0.25, 0.3) is 0 Å². The highest BCUT2D eigenvalue weighted by atomic mass is 16.7. The van der Waals surface area contributed by atoms with E-state index in [1.165, 1.54) is 0 Å². The fraction of sp³-hybridized carbons (Fsp3) is 0.920. The molecule has 0 spiro atoms. The van der Waals surface area contributed by atoms with Gasteiger partial charge in [0.1, 0.15) is 0 Å². The molecule has 3 rings (SSSR count). The van der Waals surface area contributed by atoms with Gasteiger partial charge in [-0.15, -0.1) is 0 Å². The minimum atomic E-state index is -0.855. The van der Waals surface area contributed by atoms with Gasteiger partial charge < -0.3 is 23.7 Å². The average molecular weight is 452 g/mol. The number of carbonyl (C=O) groups excluding carboxylic acids is 1. The van der Waals surface area contributed by atoms with Gasteiger partial charge in [-0.3, -0.25) is 4.79 Å². The molecule has 0 aromatic heterocycles. The summed E-state index contributed by atoms with van der Waals surface area (Å²) in [5.41, 5.74) is -0.855. The molecule has 1 saturated carbocycles. The van der Waals surface area contributed by atoms with E-state index in [1.54, 1.807) is 0 Å². The number of nitriles is 1. The second-order valence-corrected chi connectivity index (χ2v) is 9.36. The van der Waals surface area contributed by atoms with Crippen molar-refractivity contribution in [2.45, 2.75) is 121 Å². The Bertz CT molecular complexity index is 596. The Hall–Kier alpha value is -1.20. The molecule has 182 valence electrons. The highest BCUT2D eigenvalue weighted by Crippen LogP contribution is 2.45. The Kier molecular flexibility index (Phi) is 10.7. The molecule has 7 heteroatoms. The maximum atomic E-state index is 11.5. The second-order valence-electron chi connectivity index (χ2n) is 9.36. The molecule has 3 aliphatic rings. The van der Waals surface area contributed by atoms with Gasteiger partial charge in [0, 0.05) is 32.0 Å². The molecule has 0 aromatic carbocycles. The largest absolute Gasteiger partial charge is 0.466 e. The lowest BCUT2D eigenvalue weighted by atomic mass is 9.87. The third-order valence-electron chi connectivity index (χ3n) is 6.88. The van der Waals surface area contributed by atoms with Gasteiger partial charge in [-0.2, -0.15) is 5.26 Å². The first-order valence-corrected chi connectivity index (χ1v) is 12.8. The van der Waals surface area contributed by atoms with Crippen LogP contribution in [0.3, 0.4) is 0 Å². The van der Waals surface area contributed by atoms with Crippen LogP contribution in [0.2, 0.25) is 0 Å². The predicted molar refractivity (Wildman–Crippen MR) is 119 cm³/mol. The maximum Gasteiger partial charge on any atom is 0.305 e. The number of rotatable bonds is 12. The van der Waals surface area contributed by atoms with E-state index in [0.717, 1.165) is 83.7 Å². The van der Waals surface area contributed by atoms with Crippen LogP contribution in [-0.2, 0) is 28.5 Å². The monoisotopic (exact) mass is 451 g/mol. The van der Waals surface area contributed by atoms with E-state index in [1.807, 2.05) is 6.92 Å². The Morgan fingerprint density at radius 1 is 1.03 bits per heavy atom. The lowest BCUT2D eigenvalue weighted by Gasteiger charge is -2.34. The van der Waals surface area contributed by atoms with Crippen molar-refractivity contribution in [3.63, 3.8) is 0 Å². The molecular weight excluding hydrogens is 410 g/mol. The number of nitrogens with zero attached hydrogens (tertiary/aromatic N) is 1. The molecule has 0 bridgehead atoms. The van der Waals surface area contributed by atoms with Crippen LogP contribution in [0, 0.1) is 17.2 Å². The Morgan fingerprint density at radius 2 is 1.75 bits per heavy atom. The highest BCUT2D eigenvalue weighted by molar-refractivity contribution is 5.69. The minimum Gasteiger partial charge on any atom is -0.466 e. The van der Waals surface area contributed by atoms with Crippen molar-refractivity contribution in [1.82, 2.24) is 0 Å². The van der Waals surface area contributed by atoms with Gasteiger partial charge in [0.2, 0.25) is 0 Å². The molecular formula is C25H41NO6. The molecule has 0 aromatic rings. The van der Waals surface area contributed by atoms with Gasteiger partial charge in [-0.1, -0.05) is 19.3 Å². The molecule has 2 aliphatic heterocycles. The molecule has 1 aliphatic carbocycles. The molecule has 2 saturated heterocycles. The predicted octanol–water partition coefficient (Wildman–Crippen LogP) is 5.02. The van der Waals surface area contributed by atoms with Crippen molar-refractivity contribution in [2.75, 3.05) is 19.8 Å². The molecule has 0 radical (unpaired) electrons. The van der Waals surface area contributed by atoms with E-state index in [0.29, 0.717) is 26.1 Å². The zero-order valence-corrected chi connectivity index (χ0v) is 19.7. The number of carbonyl (C=O) groups is 1. The van der Waals surface area contributed by atoms with E-state index >= 15 is 0 Å². The number of hydrogen-bond acceptors (Lipinski definition) is 7. The minimum absolute atomic E-state index is 0.0184. The smallest absolute Gasteiger partial charge is 0.305 e. The van der Waals surface area contributed by atoms with Crippen molar-refractivity contribution >= 4 is 5.97 Å². The molecule has 5 unspecified atom stereocenters. The quantitative estimate of drug-likeness (QED) is 0.304. The first-order chi connectivity index (χ1) is 15.6. The average Bonchev–Trinajstić information content (AvgIpc) is 3.14. The van der Waals surface area contributed by atoms with Crippen molar-refractivity contribution in [2.24, 2.45) is 5.92 Å². The van der Waals surface area contributed by atoms with E-state index < -0.39 is 5.60 Å². The first-order valence-electron chi connectivity index (χ1n) is 12.8. The number of unbranched alkanes of at least 4 members (excludes halogenated alkanes) is 3. The maximum absolute atomic E-state index is 11.5. The summed E-state index contributed by atoms with van der Waals surface area (Å²) in [5.74, 6) is 0.00858. The van der Waals surface area contributed by atoms with E-state index in [2.05, 4.69) is 6.07 Å². The molecule has 0 N–H and O–H groups in total. The lowest BCUT2D eigenvalue weighted by Crippen LogP contribution is -2.41. The van der Waals surface area contributed by atoms with Crippen LogP contribution >= 0.6 is 0 Å². The van der Waals surface area contributed by atoms with E-state index in [-0.39, 0.29) is 30.6 Å². The normalized spacial score (nSPS) is 33.0. The van der Waals surface area contributed by atoms with Crippen LogP contribution in [0.25, 0.3) is 0 Å². The van der Waals surface area contributed by atoms with Crippen LogP contribution in [0.1, 0.15) is 96.8 Å². The van der Waals surface area contributed by atoms with Crippen LogP contribution in [0.15, 0.2) is 0 Å². The summed E-state index contributed by atoms with van der Waals surface area (Å²) in [6, 6.07) is 2.54. The van der Waals surface area contributed by atoms with Gasteiger partial charge >= 0.3 is 5.97 Å². The summed E-state index contributed by atoms with van der Waals surface area (Å²) in [4.78, 5) is 11.5. The summed E-state index contributed by atoms with van der Waals surface area (Å²) >= 11 is 0. The third-order valence-corrected chi connectivity index (χ3v) is 6.88. The summed E-state index contributed by atoms with van der Waals surface area (Å²) in [5, 5.41) is 10.2. The Morgan fingerprint density at radius 3 is 2.41 bits per heavy atom. The fourth-order valence-electron chi connectivity index (χ4n) is 5.18. The van der Waals surface area contributed by atoms with Gasteiger partial charge in [0.05, 0.1) is 18.8 Å². The summed E-state index contributed by atoms with van der Waals surface area (Å²) in [6.07, 6.45) is 12.4. The van der Waals surface area contributed by atoms with Crippen LogP contribution < -0.4 is 0 Å². The Labute approximate surface area is 193 Å². The molecule has 2 heterocycles. The number of ether oxygens (including phenoxy) is 5. The fourth-order valence-corrected chi connectivity index (χ4v) is 5.18. The van der Waals surface area contributed by atoms with Crippen LogP contribution in [0.5, 0.6) is 0 Å². The van der Waals surface area contributed by atoms with Crippen molar-refractivity contribution in [3.8, 4) is 6.07 Å². The zero-order chi connectivity index (χ0) is 22.7. The number of esters is 1. The molecule has 0 amide bonds. The van der Waals surface area contributed by atoms with Crippen LogP contribution in [0.4, 0.5) is 0 Å². The molecule has 5 atom stereocenters. The lowest BCUT2D eigenvalue weighted by molar-refractivity contribution is -0.223. The summed E-state index contributed by atoms with van der Waals surface area (Å²) in [7, 11) is 0. The molecule has 7 nitrogen and oxygen atoms in total. The Balaban J connectivity index is 1.51. The van der Waals surface area contributed by atoms with Gasteiger partial charge in [0.15, 0.2) is 18.2 Å². The van der Waals surface area contributed by atoms with E-state index in [9.17, 15) is 10.1 Å². The third kappa shape index (κ3) is 7.69.